The van der Waals surface area contributed by atoms with Gasteiger partial charge in [-0.1, -0.05) is 6.07 Å². The monoisotopic (exact) mass is 297 g/mol. The second-order valence-electron chi connectivity index (χ2n) is 5.74. The van der Waals surface area contributed by atoms with Crippen molar-refractivity contribution in [3.8, 4) is 0 Å². The number of nitrogens with one attached hydrogen (secondary N) is 2. The van der Waals surface area contributed by atoms with Crippen molar-refractivity contribution < 1.29 is 9.59 Å². The highest BCUT2D eigenvalue weighted by Gasteiger charge is 2.28. The minimum Gasteiger partial charge on any atom is -0.361 e. The third kappa shape index (κ3) is 2.54. The first kappa shape index (κ1) is 14.5. The quantitative estimate of drug-likeness (QED) is 0.914. The van der Waals surface area contributed by atoms with Crippen molar-refractivity contribution in [2.45, 2.75) is 39.2 Å². The molecule has 0 bridgehead atoms. The van der Waals surface area contributed by atoms with Crippen LogP contribution in [0.5, 0.6) is 0 Å². The van der Waals surface area contributed by atoms with Gasteiger partial charge in [0.15, 0.2) is 5.78 Å². The maximum atomic E-state index is 12.6. The lowest BCUT2D eigenvalue weighted by atomic mass is 9.93. The number of pyridine rings is 1. The Hall–Kier alpha value is -2.43. The molecular weight excluding hydrogens is 278 g/mol. The highest BCUT2D eigenvalue weighted by atomic mass is 16.2. The number of rotatable bonds is 3. The van der Waals surface area contributed by atoms with Crippen LogP contribution in [0.15, 0.2) is 24.5 Å². The van der Waals surface area contributed by atoms with Gasteiger partial charge in [-0.2, -0.15) is 0 Å². The molecule has 1 aliphatic carbocycles. The van der Waals surface area contributed by atoms with Crippen LogP contribution >= 0.6 is 0 Å². The maximum absolute atomic E-state index is 12.6. The first-order valence-electron chi connectivity index (χ1n) is 7.53. The van der Waals surface area contributed by atoms with Gasteiger partial charge in [-0.15, -0.1) is 0 Å². The molecule has 2 N–H and O–H groups in total. The van der Waals surface area contributed by atoms with Crippen molar-refractivity contribution in [2.24, 2.45) is 0 Å². The molecule has 2 aromatic rings. The van der Waals surface area contributed by atoms with Gasteiger partial charge < -0.3 is 10.3 Å². The van der Waals surface area contributed by atoms with Gasteiger partial charge in [0, 0.05) is 30.2 Å². The summed E-state index contributed by atoms with van der Waals surface area (Å²) in [6.07, 6.45) is 5.62. The summed E-state index contributed by atoms with van der Waals surface area (Å²) >= 11 is 0. The number of ketones is 1. The minimum atomic E-state index is -0.207. The largest absolute Gasteiger partial charge is 0.361 e. The number of aryl methyl sites for hydroxylation is 2. The Bertz CT molecular complexity index is 719. The zero-order chi connectivity index (χ0) is 15.7. The van der Waals surface area contributed by atoms with Gasteiger partial charge in [0.25, 0.3) is 5.91 Å². The Balaban J connectivity index is 1.87. The first-order valence-corrected chi connectivity index (χ1v) is 7.53. The molecule has 5 heteroatoms. The second-order valence-corrected chi connectivity index (χ2v) is 5.74. The smallest absolute Gasteiger partial charge is 0.254 e. The molecule has 0 unspecified atom stereocenters. The highest BCUT2D eigenvalue weighted by molar-refractivity contribution is 6.10. The van der Waals surface area contributed by atoms with Gasteiger partial charge in [-0.05, 0) is 38.3 Å². The number of Topliss-reactive ketones (excluding diaryl/α,β-unsaturated/α-hetero) is 1. The maximum Gasteiger partial charge on any atom is 0.254 e. The van der Waals surface area contributed by atoms with Crippen molar-refractivity contribution in [3.63, 3.8) is 0 Å². The zero-order valence-corrected chi connectivity index (χ0v) is 12.8. The van der Waals surface area contributed by atoms with Crippen LogP contribution in [0, 0.1) is 6.92 Å². The van der Waals surface area contributed by atoms with E-state index in [0.29, 0.717) is 17.5 Å². The minimum absolute atomic E-state index is 0.0600. The van der Waals surface area contributed by atoms with Crippen molar-refractivity contribution in [2.75, 3.05) is 0 Å². The van der Waals surface area contributed by atoms with Crippen LogP contribution in [0.4, 0.5) is 0 Å². The third-order valence-electron chi connectivity index (χ3n) is 4.13. The Kier molecular flexibility index (Phi) is 3.79. The molecule has 1 amide bonds. The molecule has 0 aromatic carbocycles. The predicted molar refractivity (Wildman–Crippen MR) is 82.9 cm³/mol. The van der Waals surface area contributed by atoms with Gasteiger partial charge in [0.05, 0.1) is 17.2 Å². The van der Waals surface area contributed by atoms with E-state index >= 15 is 0 Å². The summed E-state index contributed by atoms with van der Waals surface area (Å²) in [5.41, 5.74) is 3.67. The second kappa shape index (κ2) is 5.75. The van der Waals surface area contributed by atoms with Crippen LogP contribution in [0.3, 0.4) is 0 Å². The molecule has 0 saturated heterocycles. The standard InChI is InChI=1S/C17H19N3O2/c1-10(12-5-4-8-18-9-12)20-17(22)15-11(2)19-13-6-3-7-14(21)16(13)15/h4-5,8-10,19H,3,6-7H2,1-2H3,(H,20,22)/t10-/m1/s1. The van der Waals surface area contributed by atoms with E-state index in [-0.39, 0.29) is 17.7 Å². The molecule has 0 saturated carbocycles. The van der Waals surface area contributed by atoms with E-state index in [1.54, 1.807) is 12.4 Å². The molecular formula is C17H19N3O2. The fraction of sp³-hybridized carbons (Fsp3) is 0.353. The lowest BCUT2D eigenvalue weighted by Crippen LogP contribution is -2.28. The van der Waals surface area contributed by atoms with Gasteiger partial charge in [0.1, 0.15) is 0 Å². The predicted octanol–water partition coefficient (Wildman–Crippen LogP) is 2.73. The van der Waals surface area contributed by atoms with Crippen LogP contribution in [0.25, 0.3) is 0 Å². The molecule has 2 aromatic heterocycles. The van der Waals surface area contributed by atoms with E-state index in [1.807, 2.05) is 26.0 Å². The molecule has 5 nitrogen and oxygen atoms in total. The van der Waals surface area contributed by atoms with Gasteiger partial charge >= 0.3 is 0 Å². The number of fused-ring (bicyclic) bond motifs is 1. The number of carbonyl (C=O) groups excluding carboxylic acids is 2. The zero-order valence-electron chi connectivity index (χ0n) is 12.8. The van der Waals surface area contributed by atoms with E-state index in [4.69, 9.17) is 0 Å². The van der Waals surface area contributed by atoms with Crippen molar-refractivity contribution in [1.82, 2.24) is 15.3 Å². The van der Waals surface area contributed by atoms with Crippen LogP contribution in [-0.2, 0) is 6.42 Å². The number of carbonyl (C=O) groups is 2. The lowest BCUT2D eigenvalue weighted by molar-refractivity contribution is 0.0918. The topological polar surface area (TPSA) is 74.8 Å². The van der Waals surface area contributed by atoms with E-state index in [2.05, 4.69) is 15.3 Å². The highest BCUT2D eigenvalue weighted by Crippen LogP contribution is 2.27. The van der Waals surface area contributed by atoms with Gasteiger partial charge in [0.2, 0.25) is 0 Å². The number of H-pyrrole nitrogens is 1. The Morgan fingerprint density at radius 2 is 2.23 bits per heavy atom. The summed E-state index contributed by atoms with van der Waals surface area (Å²) in [6.45, 7) is 3.75. The molecule has 2 heterocycles. The Morgan fingerprint density at radius 3 is 2.95 bits per heavy atom. The number of amides is 1. The summed E-state index contributed by atoms with van der Waals surface area (Å²) in [7, 11) is 0. The average molecular weight is 297 g/mol. The molecule has 1 atom stereocenters. The van der Waals surface area contributed by atoms with E-state index in [9.17, 15) is 9.59 Å². The van der Waals surface area contributed by atoms with Crippen molar-refractivity contribution in [1.29, 1.82) is 0 Å². The molecule has 0 radical (unpaired) electrons. The van der Waals surface area contributed by atoms with E-state index in [1.165, 1.54) is 0 Å². The van der Waals surface area contributed by atoms with E-state index in [0.717, 1.165) is 29.8 Å². The molecule has 22 heavy (non-hydrogen) atoms. The fourth-order valence-corrected chi connectivity index (χ4v) is 3.00. The Labute approximate surface area is 129 Å². The summed E-state index contributed by atoms with van der Waals surface area (Å²) in [6, 6.07) is 3.60. The normalized spacial score (nSPS) is 15.3. The summed E-state index contributed by atoms with van der Waals surface area (Å²) in [5, 5.41) is 2.96. The average Bonchev–Trinajstić information content (AvgIpc) is 2.85. The van der Waals surface area contributed by atoms with Crippen LogP contribution < -0.4 is 5.32 Å². The SMILES string of the molecule is Cc1[nH]c2c(c1C(=O)N[C@H](C)c1cccnc1)C(=O)CCC2. The van der Waals surface area contributed by atoms with Gasteiger partial charge in [-0.25, -0.2) is 0 Å². The molecule has 1 aliphatic rings. The Morgan fingerprint density at radius 1 is 1.41 bits per heavy atom. The third-order valence-corrected chi connectivity index (χ3v) is 4.13. The molecule has 0 fully saturated rings. The van der Waals surface area contributed by atoms with Crippen LogP contribution in [-0.4, -0.2) is 21.7 Å². The molecule has 114 valence electrons. The summed E-state index contributed by atoms with van der Waals surface area (Å²) in [5.74, 6) is -0.147. The number of aromatic nitrogens is 2. The van der Waals surface area contributed by atoms with Crippen molar-refractivity contribution in [3.05, 3.63) is 52.6 Å². The summed E-state index contributed by atoms with van der Waals surface area (Å²) < 4.78 is 0. The van der Waals surface area contributed by atoms with E-state index < -0.39 is 0 Å². The van der Waals surface area contributed by atoms with Gasteiger partial charge in [-0.3, -0.25) is 14.6 Å². The number of nitrogens with zero attached hydrogens (tertiary/aromatic N) is 1. The fourth-order valence-electron chi connectivity index (χ4n) is 3.00. The lowest BCUT2D eigenvalue weighted by Gasteiger charge is -2.16. The summed E-state index contributed by atoms with van der Waals surface area (Å²) in [4.78, 5) is 32.1. The van der Waals surface area contributed by atoms with Crippen LogP contribution in [0.2, 0.25) is 0 Å². The number of hydrogen-bond donors (Lipinski definition) is 2. The first-order chi connectivity index (χ1) is 10.6. The molecule has 0 aliphatic heterocycles. The molecule has 3 rings (SSSR count). The molecule has 0 spiro atoms. The van der Waals surface area contributed by atoms with Crippen molar-refractivity contribution >= 4 is 11.7 Å². The van der Waals surface area contributed by atoms with Crippen LogP contribution in [0.1, 0.15) is 63.5 Å². The number of hydrogen-bond acceptors (Lipinski definition) is 3. The number of aromatic amines is 1.